The number of nitrogens with zero attached hydrogens (tertiary/aromatic N) is 1. The lowest BCUT2D eigenvalue weighted by molar-refractivity contribution is 0.0698. The van der Waals surface area contributed by atoms with Crippen LogP contribution in [0.4, 0.5) is 0 Å². The number of rotatable bonds is 2. The summed E-state index contributed by atoms with van der Waals surface area (Å²) >= 11 is 0. The highest BCUT2D eigenvalue weighted by Crippen LogP contribution is 2.29. The summed E-state index contributed by atoms with van der Waals surface area (Å²) in [5.41, 5.74) is 4.47. The molecule has 0 radical (unpaired) electrons. The van der Waals surface area contributed by atoms with Crippen LogP contribution < -0.4 is 0 Å². The van der Waals surface area contributed by atoms with Crippen molar-refractivity contribution in [2.24, 2.45) is 7.05 Å². The molecule has 0 amide bonds. The number of hydrogen-bond donors (Lipinski definition) is 1. The molecule has 90 valence electrons. The third-order valence-electron chi connectivity index (χ3n) is 3.55. The lowest BCUT2D eigenvalue weighted by Crippen LogP contribution is -2.04. The van der Waals surface area contributed by atoms with E-state index in [2.05, 4.69) is 6.92 Å². The number of carboxylic acid groups (broad SMARTS) is 1. The number of fused-ring (bicyclic) bond motifs is 1. The predicted octanol–water partition coefficient (Wildman–Crippen LogP) is 3.06. The molecule has 1 heterocycles. The zero-order valence-corrected chi connectivity index (χ0v) is 10.7. The summed E-state index contributed by atoms with van der Waals surface area (Å²) in [6.07, 6.45) is 0.922. The molecule has 3 heteroatoms. The quantitative estimate of drug-likeness (QED) is 0.863. The number of aryl methyl sites for hydroxylation is 3. The highest BCUT2D eigenvalue weighted by Gasteiger charge is 2.18. The molecule has 3 nitrogen and oxygen atoms in total. The zero-order chi connectivity index (χ0) is 12.7. The molecule has 0 aliphatic carbocycles. The van der Waals surface area contributed by atoms with Crippen molar-refractivity contribution in [3.63, 3.8) is 0 Å². The van der Waals surface area contributed by atoms with E-state index in [1.807, 2.05) is 37.6 Å². The van der Waals surface area contributed by atoms with Gasteiger partial charge in [-0.05, 0) is 31.4 Å². The van der Waals surface area contributed by atoms with E-state index in [0.717, 1.165) is 28.6 Å². The summed E-state index contributed by atoms with van der Waals surface area (Å²) in [4.78, 5) is 11.4. The molecule has 2 rings (SSSR count). The van der Waals surface area contributed by atoms with E-state index in [1.54, 1.807) is 0 Å². The maximum atomic E-state index is 11.4. The Balaban J connectivity index is 3.00. The first-order valence-electron chi connectivity index (χ1n) is 5.79. The first-order chi connectivity index (χ1) is 7.99. The third kappa shape index (κ3) is 1.54. The molecule has 1 N–H and O–H groups in total. The predicted molar refractivity (Wildman–Crippen MR) is 68.7 cm³/mol. The lowest BCUT2D eigenvalue weighted by atomic mass is 10.0. The van der Waals surface area contributed by atoms with E-state index in [0.29, 0.717) is 5.56 Å². The van der Waals surface area contributed by atoms with E-state index < -0.39 is 5.97 Å². The molecule has 0 saturated carbocycles. The Kier molecular flexibility index (Phi) is 2.69. The van der Waals surface area contributed by atoms with Crippen LogP contribution >= 0.6 is 0 Å². The van der Waals surface area contributed by atoms with Crippen LogP contribution in [-0.2, 0) is 13.5 Å². The molecule has 1 aromatic carbocycles. The summed E-state index contributed by atoms with van der Waals surface area (Å²) < 4.78 is 1.99. The highest BCUT2D eigenvalue weighted by molar-refractivity contribution is 6.05. The van der Waals surface area contributed by atoms with Gasteiger partial charge in [0, 0.05) is 18.1 Å². The van der Waals surface area contributed by atoms with Gasteiger partial charge >= 0.3 is 5.97 Å². The maximum Gasteiger partial charge on any atom is 0.338 e. The van der Waals surface area contributed by atoms with Crippen molar-refractivity contribution in [2.75, 3.05) is 0 Å². The highest BCUT2D eigenvalue weighted by atomic mass is 16.4. The Hall–Kier alpha value is -1.77. The van der Waals surface area contributed by atoms with E-state index in [9.17, 15) is 9.90 Å². The van der Waals surface area contributed by atoms with Gasteiger partial charge in [-0.15, -0.1) is 0 Å². The fraction of sp³-hybridized carbons (Fsp3) is 0.357. The summed E-state index contributed by atoms with van der Waals surface area (Å²) in [7, 11) is 1.93. The van der Waals surface area contributed by atoms with E-state index in [4.69, 9.17) is 0 Å². The van der Waals surface area contributed by atoms with Crippen LogP contribution in [0.15, 0.2) is 12.1 Å². The van der Waals surface area contributed by atoms with Gasteiger partial charge in [0.1, 0.15) is 0 Å². The minimum Gasteiger partial charge on any atom is -0.478 e. The molecule has 0 saturated heterocycles. The lowest BCUT2D eigenvalue weighted by Gasteiger charge is -2.06. The van der Waals surface area contributed by atoms with Gasteiger partial charge in [0.05, 0.1) is 11.1 Å². The third-order valence-corrected chi connectivity index (χ3v) is 3.55. The van der Waals surface area contributed by atoms with Crippen LogP contribution in [0.1, 0.15) is 34.1 Å². The van der Waals surface area contributed by atoms with Crippen LogP contribution in [0.25, 0.3) is 10.9 Å². The number of carboxylic acids is 1. The van der Waals surface area contributed by atoms with Crippen molar-refractivity contribution >= 4 is 16.9 Å². The molecular weight excluding hydrogens is 214 g/mol. The topological polar surface area (TPSA) is 42.2 Å². The van der Waals surface area contributed by atoms with Crippen LogP contribution in [0, 0.1) is 13.8 Å². The molecular formula is C14H17NO2. The Morgan fingerprint density at radius 3 is 2.53 bits per heavy atom. The molecule has 1 aromatic heterocycles. The zero-order valence-electron chi connectivity index (χ0n) is 10.7. The maximum absolute atomic E-state index is 11.4. The fourth-order valence-electron chi connectivity index (χ4n) is 2.57. The average Bonchev–Trinajstić information content (AvgIpc) is 2.52. The molecule has 0 spiro atoms. The van der Waals surface area contributed by atoms with Crippen molar-refractivity contribution in [1.29, 1.82) is 0 Å². The standard InChI is InChI=1S/C14H17NO2/c1-5-10-9(3)15(4)13-11(10)7-6-8(2)12(13)14(16)17/h6-7H,5H2,1-4H3,(H,16,17). The second-order valence-electron chi connectivity index (χ2n) is 4.44. The van der Waals surface area contributed by atoms with Crippen LogP contribution in [-0.4, -0.2) is 15.6 Å². The van der Waals surface area contributed by atoms with Gasteiger partial charge in [-0.3, -0.25) is 0 Å². The first-order valence-corrected chi connectivity index (χ1v) is 5.79. The van der Waals surface area contributed by atoms with Crippen LogP contribution in [0.3, 0.4) is 0 Å². The van der Waals surface area contributed by atoms with E-state index in [-0.39, 0.29) is 0 Å². The summed E-state index contributed by atoms with van der Waals surface area (Å²) in [5.74, 6) is -0.851. The average molecular weight is 231 g/mol. The minimum absolute atomic E-state index is 0.424. The van der Waals surface area contributed by atoms with Gasteiger partial charge in [-0.25, -0.2) is 4.79 Å². The molecule has 0 aliphatic rings. The second kappa shape index (κ2) is 3.91. The fourth-order valence-corrected chi connectivity index (χ4v) is 2.57. The molecule has 0 aliphatic heterocycles. The van der Waals surface area contributed by atoms with Crippen LogP contribution in [0.2, 0.25) is 0 Å². The van der Waals surface area contributed by atoms with Gasteiger partial charge in [0.2, 0.25) is 0 Å². The molecule has 0 bridgehead atoms. The van der Waals surface area contributed by atoms with Crippen molar-refractivity contribution in [2.45, 2.75) is 27.2 Å². The minimum atomic E-state index is -0.851. The number of hydrogen-bond acceptors (Lipinski definition) is 1. The monoisotopic (exact) mass is 231 g/mol. The van der Waals surface area contributed by atoms with Crippen LogP contribution in [0.5, 0.6) is 0 Å². The van der Waals surface area contributed by atoms with E-state index >= 15 is 0 Å². The smallest absolute Gasteiger partial charge is 0.338 e. The van der Waals surface area contributed by atoms with Gasteiger partial charge in [-0.1, -0.05) is 19.1 Å². The summed E-state index contributed by atoms with van der Waals surface area (Å²) in [6.45, 7) is 5.98. The Labute approximate surface area is 101 Å². The van der Waals surface area contributed by atoms with Gasteiger partial charge in [0.25, 0.3) is 0 Å². The molecule has 17 heavy (non-hydrogen) atoms. The molecule has 0 unspecified atom stereocenters. The number of aromatic nitrogens is 1. The largest absolute Gasteiger partial charge is 0.478 e. The Morgan fingerprint density at radius 1 is 1.35 bits per heavy atom. The van der Waals surface area contributed by atoms with Crippen molar-refractivity contribution in [1.82, 2.24) is 4.57 Å². The summed E-state index contributed by atoms with van der Waals surface area (Å²) in [5, 5.41) is 10.4. The summed E-state index contributed by atoms with van der Waals surface area (Å²) in [6, 6.07) is 3.92. The van der Waals surface area contributed by atoms with Crippen molar-refractivity contribution in [3.8, 4) is 0 Å². The first kappa shape index (κ1) is 11.7. The number of aromatic carboxylic acids is 1. The number of benzene rings is 1. The van der Waals surface area contributed by atoms with Gasteiger partial charge in [-0.2, -0.15) is 0 Å². The molecule has 0 fully saturated rings. The molecule has 0 atom stereocenters. The van der Waals surface area contributed by atoms with Crippen molar-refractivity contribution < 1.29 is 9.90 Å². The van der Waals surface area contributed by atoms with Gasteiger partial charge < -0.3 is 9.67 Å². The van der Waals surface area contributed by atoms with Gasteiger partial charge in [0.15, 0.2) is 0 Å². The van der Waals surface area contributed by atoms with E-state index in [1.165, 1.54) is 5.56 Å². The molecule has 2 aromatic rings. The Morgan fingerprint density at radius 2 is 2.00 bits per heavy atom. The second-order valence-corrected chi connectivity index (χ2v) is 4.44. The number of carbonyl (C=O) groups is 1. The normalized spacial score (nSPS) is 11.1. The van der Waals surface area contributed by atoms with Crippen molar-refractivity contribution in [3.05, 3.63) is 34.5 Å². The Bertz CT molecular complexity index is 608. The SMILES string of the molecule is CCc1c(C)n(C)c2c(C(=O)O)c(C)ccc12.